The lowest BCUT2D eigenvalue weighted by atomic mass is 10.6. The molecular formula is C14H26N3O11P. The SMILES string of the molecule is CCOC(=O)OCCOP(=O)(N=C(N)N(C)CC(=O)O)OCCOC(=O)OCC. The van der Waals surface area contributed by atoms with Crippen molar-refractivity contribution in [2.45, 2.75) is 13.8 Å². The summed E-state index contributed by atoms with van der Waals surface area (Å²) in [5, 5.41) is 8.76. The predicted molar refractivity (Wildman–Crippen MR) is 97.3 cm³/mol. The minimum atomic E-state index is -4.26. The minimum absolute atomic E-state index is 0.110. The third kappa shape index (κ3) is 13.3. The predicted octanol–water partition coefficient (Wildman–Crippen LogP) is 0.805. The molecule has 0 atom stereocenters. The Morgan fingerprint density at radius 2 is 1.38 bits per heavy atom. The van der Waals surface area contributed by atoms with Gasteiger partial charge in [-0.05, 0) is 13.8 Å². The quantitative estimate of drug-likeness (QED) is 0.134. The molecule has 0 aliphatic heterocycles. The number of carbonyl (C=O) groups excluding carboxylic acids is 2. The van der Waals surface area contributed by atoms with Crippen LogP contribution in [0.5, 0.6) is 0 Å². The minimum Gasteiger partial charge on any atom is -0.480 e. The van der Waals surface area contributed by atoms with Crippen molar-refractivity contribution in [3.05, 3.63) is 0 Å². The first-order valence-electron chi connectivity index (χ1n) is 8.40. The van der Waals surface area contributed by atoms with E-state index in [1.54, 1.807) is 13.8 Å². The van der Waals surface area contributed by atoms with Gasteiger partial charge in [0.15, 0.2) is 0 Å². The zero-order valence-corrected chi connectivity index (χ0v) is 17.3. The normalized spacial score (nSPS) is 11.5. The molecule has 0 aliphatic carbocycles. The van der Waals surface area contributed by atoms with Gasteiger partial charge < -0.3 is 34.7 Å². The van der Waals surface area contributed by atoms with Gasteiger partial charge in [-0.1, -0.05) is 0 Å². The van der Waals surface area contributed by atoms with Gasteiger partial charge in [-0.15, -0.1) is 4.76 Å². The second-order valence-corrected chi connectivity index (χ2v) is 6.56. The van der Waals surface area contributed by atoms with Crippen molar-refractivity contribution < 1.29 is 52.1 Å². The summed E-state index contributed by atoms with van der Waals surface area (Å²) in [4.78, 5) is 33.9. The summed E-state index contributed by atoms with van der Waals surface area (Å²) < 4.78 is 44.8. The molecule has 0 aromatic heterocycles. The Bertz CT molecular complexity index is 584. The summed E-state index contributed by atoms with van der Waals surface area (Å²) in [6.45, 7) is 1.43. The molecule has 0 radical (unpaired) electrons. The molecule has 0 aromatic rings. The lowest BCUT2D eigenvalue weighted by Crippen LogP contribution is -2.37. The van der Waals surface area contributed by atoms with Crippen LogP contribution in [0.2, 0.25) is 0 Å². The Balaban J connectivity index is 4.87. The van der Waals surface area contributed by atoms with Gasteiger partial charge in [-0.3, -0.25) is 13.8 Å². The molecule has 29 heavy (non-hydrogen) atoms. The molecule has 0 aliphatic rings. The van der Waals surface area contributed by atoms with Crippen LogP contribution in [0.3, 0.4) is 0 Å². The van der Waals surface area contributed by atoms with E-state index in [0.717, 1.165) is 4.90 Å². The molecular weight excluding hydrogens is 417 g/mol. The number of guanidine groups is 1. The number of carboxylic acid groups (broad SMARTS) is 1. The van der Waals surface area contributed by atoms with Crippen LogP contribution in [0.25, 0.3) is 0 Å². The molecule has 0 saturated heterocycles. The second kappa shape index (κ2) is 14.4. The molecule has 0 saturated carbocycles. The summed E-state index contributed by atoms with van der Waals surface area (Å²) in [6.07, 6.45) is -1.89. The molecule has 0 aromatic carbocycles. The average molecular weight is 443 g/mol. The monoisotopic (exact) mass is 443 g/mol. The van der Waals surface area contributed by atoms with Crippen molar-refractivity contribution in [2.75, 3.05) is 53.2 Å². The third-order valence-electron chi connectivity index (χ3n) is 2.63. The maximum atomic E-state index is 12.7. The lowest BCUT2D eigenvalue weighted by Gasteiger charge is -2.19. The third-order valence-corrected chi connectivity index (χ3v) is 4.10. The molecule has 0 fully saturated rings. The van der Waals surface area contributed by atoms with Gasteiger partial charge in [-0.2, -0.15) is 0 Å². The van der Waals surface area contributed by atoms with Gasteiger partial charge in [0.25, 0.3) is 0 Å². The largest absolute Gasteiger partial charge is 0.508 e. The van der Waals surface area contributed by atoms with Gasteiger partial charge >= 0.3 is 26.0 Å². The van der Waals surface area contributed by atoms with Gasteiger partial charge in [0, 0.05) is 7.05 Å². The maximum absolute atomic E-state index is 12.7. The van der Waals surface area contributed by atoms with E-state index in [9.17, 15) is 18.9 Å². The summed E-state index contributed by atoms with van der Waals surface area (Å²) in [6, 6.07) is 0. The van der Waals surface area contributed by atoms with Crippen LogP contribution in [0.15, 0.2) is 4.76 Å². The van der Waals surface area contributed by atoms with E-state index in [1.807, 2.05) is 0 Å². The first kappa shape index (κ1) is 26.4. The van der Waals surface area contributed by atoms with Gasteiger partial charge in [-0.25, -0.2) is 14.2 Å². The van der Waals surface area contributed by atoms with Crippen LogP contribution < -0.4 is 5.73 Å². The summed E-state index contributed by atoms with van der Waals surface area (Å²) in [5.74, 6) is -1.64. The van der Waals surface area contributed by atoms with Crippen molar-refractivity contribution in [1.82, 2.24) is 4.90 Å². The highest BCUT2D eigenvalue weighted by Gasteiger charge is 2.26. The number of rotatable bonds is 13. The number of hydrogen-bond acceptors (Lipinski definition) is 10. The fourth-order valence-electron chi connectivity index (χ4n) is 1.46. The number of aliphatic carboxylic acids is 1. The molecule has 168 valence electrons. The van der Waals surface area contributed by atoms with Crippen LogP contribution in [0.4, 0.5) is 9.59 Å². The number of ether oxygens (including phenoxy) is 4. The fraction of sp³-hybridized carbons (Fsp3) is 0.714. The Morgan fingerprint density at radius 3 is 1.76 bits per heavy atom. The highest BCUT2D eigenvalue weighted by molar-refractivity contribution is 7.52. The number of nitrogens with zero attached hydrogens (tertiary/aromatic N) is 2. The molecule has 14 nitrogen and oxygen atoms in total. The highest BCUT2D eigenvalue weighted by atomic mass is 31.2. The first-order chi connectivity index (χ1) is 13.6. The summed E-state index contributed by atoms with van der Waals surface area (Å²) in [7, 11) is -2.96. The van der Waals surface area contributed by atoms with Gasteiger partial charge in [0.2, 0.25) is 5.96 Å². The molecule has 0 bridgehead atoms. The van der Waals surface area contributed by atoms with Gasteiger partial charge in [0.05, 0.1) is 26.4 Å². The first-order valence-corrected chi connectivity index (χ1v) is 9.89. The van der Waals surface area contributed by atoms with Crippen molar-refractivity contribution >= 4 is 32.0 Å². The van der Waals surface area contributed by atoms with E-state index in [-0.39, 0.29) is 26.4 Å². The average Bonchev–Trinajstić information content (AvgIpc) is 2.62. The number of carbonyl (C=O) groups is 3. The van der Waals surface area contributed by atoms with Crippen molar-refractivity contribution in [1.29, 1.82) is 0 Å². The molecule has 3 N–H and O–H groups in total. The maximum Gasteiger partial charge on any atom is 0.508 e. The van der Waals surface area contributed by atoms with Crippen LogP contribution in [0.1, 0.15) is 13.8 Å². The standard InChI is InChI=1S/C14H26N3O11P/c1-4-23-13(20)25-6-8-27-29(22,16-12(15)17(3)10-11(18)19)28-9-7-26-14(21)24-5-2/h4-10H2,1-3H3,(H,18,19)(H2,15,16,22). The molecule has 0 unspecified atom stereocenters. The Labute approximate surface area is 167 Å². The zero-order chi connectivity index (χ0) is 22.3. The summed E-state index contributed by atoms with van der Waals surface area (Å²) >= 11 is 0. The number of nitrogens with two attached hydrogens (primary N) is 1. The van der Waals surface area contributed by atoms with Gasteiger partial charge in [0.1, 0.15) is 19.8 Å². The topological polar surface area (TPSA) is 186 Å². The van der Waals surface area contributed by atoms with Crippen molar-refractivity contribution in [2.24, 2.45) is 10.5 Å². The number of carboxylic acids is 1. The zero-order valence-electron chi connectivity index (χ0n) is 16.4. The molecule has 0 spiro atoms. The van der Waals surface area contributed by atoms with Crippen LogP contribution in [-0.2, 0) is 37.4 Å². The Kier molecular flexibility index (Phi) is 13.2. The van der Waals surface area contributed by atoms with Crippen molar-refractivity contribution in [3.63, 3.8) is 0 Å². The van der Waals surface area contributed by atoms with E-state index in [1.165, 1.54) is 7.05 Å². The molecule has 0 amide bonds. The summed E-state index contributed by atoms with van der Waals surface area (Å²) in [5.41, 5.74) is 5.61. The van der Waals surface area contributed by atoms with Crippen molar-refractivity contribution in [3.8, 4) is 0 Å². The molecule has 15 heteroatoms. The molecule has 0 rings (SSSR count). The van der Waals surface area contributed by atoms with E-state index >= 15 is 0 Å². The van der Waals surface area contributed by atoms with E-state index in [0.29, 0.717) is 0 Å². The lowest BCUT2D eigenvalue weighted by molar-refractivity contribution is -0.137. The van der Waals surface area contributed by atoms with Crippen LogP contribution in [-0.4, -0.2) is 87.5 Å². The van der Waals surface area contributed by atoms with E-state index in [4.69, 9.17) is 19.9 Å². The van der Waals surface area contributed by atoms with E-state index in [2.05, 4.69) is 23.7 Å². The second-order valence-electron chi connectivity index (χ2n) is 4.91. The number of hydrogen-bond donors (Lipinski definition) is 2. The van der Waals surface area contributed by atoms with Crippen LogP contribution >= 0.6 is 7.75 Å². The fourth-order valence-corrected chi connectivity index (χ4v) is 2.66. The Morgan fingerprint density at radius 1 is 0.931 bits per heavy atom. The number of likely N-dealkylation sites (N-methyl/N-ethyl adjacent to an activating group) is 1. The smallest absolute Gasteiger partial charge is 0.480 e. The molecule has 0 heterocycles. The highest BCUT2D eigenvalue weighted by Crippen LogP contribution is 2.49. The Hall–Kier alpha value is -2.57. The van der Waals surface area contributed by atoms with Crippen LogP contribution in [0, 0.1) is 0 Å². The van der Waals surface area contributed by atoms with E-state index < -0.39 is 51.7 Å².